The lowest BCUT2D eigenvalue weighted by atomic mass is 9.79. The Kier molecular flexibility index (Phi) is 9.75. The quantitative estimate of drug-likeness (QED) is 0.214. The van der Waals surface area contributed by atoms with Crippen molar-refractivity contribution in [2.24, 2.45) is 22.7 Å². The van der Waals surface area contributed by atoms with Crippen LogP contribution in [-0.2, 0) is 16.2 Å². The summed E-state index contributed by atoms with van der Waals surface area (Å²) in [6.45, 7) is 32.4. The summed E-state index contributed by atoms with van der Waals surface area (Å²) in [6.07, 6.45) is 0. The molecule has 0 fully saturated rings. The third-order valence-electron chi connectivity index (χ3n) is 10.0. The van der Waals surface area contributed by atoms with Gasteiger partial charge >= 0.3 is 0 Å². The molecule has 0 unspecified atom stereocenters. The highest BCUT2D eigenvalue weighted by atomic mass is 16.5. The summed E-state index contributed by atoms with van der Waals surface area (Å²) in [5.74, 6) is 3.74. The number of aryl methyl sites for hydroxylation is 1. The van der Waals surface area contributed by atoms with Crippen molar-refractivity contribution in [2.75, 3.05) is 11.4 Å². The molecule has 1 aliphatic heterocycles. The number of fused-ring (bicyclic) bond motifs is 1. The summed E-state index contributed by atoms with van der Waals surface area (Å²) in [4.78, 5) is 12.7. The Balaban J connectivity index is 1.60. The Hall–Kier alpha value is -3.86. The topological polar surface area (TPSA) is 58.0 Å². The fourth-order valence-corrected chi connectivity index (χ4v) is 7.24. The molecule has 1 aromatic heterocycles. The van der Waals surface area contributed by atoms with Gasteiger partial charge in [-0.05, 0) is 112 Å². The minimum Gasteiger partial charge on any atom is -0.506 e. The van der Waals surface area contributed by atoms with Crippen molar-refractivity contribution in [1.82, 2.24) is 4.98 Å². The SMILES string of the molecule is Cc1cc(Oc2ccc3cc(C(C)(C)C)cc(O)c3n2)cc(C2=N[C@@H](C(C(C)C)C(C)C)CN2c2cc(C(C)(C)C)cc(C(C)(C)C)c2)c1. The molecule has 1 atom stereocenters. The second kappa shape index (κ2) is 13.1. The molecular weight excluding hydrogens is 603 g/mol. The van der Waals surface area contributed by atoms with Crippen molar-refractivity contribution in [3.8, 4) is 17.4 Å². The molecule has 3 aromatic carbocycles. The minimum absolute atomic E-state index is 0.00475. The molecule has 0 saturated carbocycles. The first-order valence-electron chi connectivity index (χ1n) is 18.1. The number of pyridine rings is 1. The fourth-order valence-electron chi connectivity index (χ4n) is 7.24. The van der Waals surface area contributed by atoms with Crippen LogP contribution in [-0.4, -0.2) is 28.5 Å². The molecule has 0 amide bonds. The first-order chi connectivity index (χ1) is 22.6. The van der Waals surface area contributed by atoms with Crippen LogP contribution in [0, 0.1) is 24.7 Å². The number of rotatable bonds is 7. The largest absolute Gasteiger partial charge is 0.506 e. The van der Waals surface area contributed by atoms with Gasteiger partial charge in [0.15, 0.2) is 0 Å². The maximum atomic E-state index is 10.9. The first-order valence-corrected chi connectivity index (χ1v) is 18.1. The van der Waals surface area contributed by atoms with Gasteiger partial charge in [0, 0.05) is 29.2 Å². The lowest BCUT2D eigenvalue weighted by molar-refractivity contribution is 0.247. The van der Waals surface area contributed by atoms with E-state index < -0.39 is 0 Å². The molecular formula is C44H59N3O2. The summed E-state index contributed by atoms with van der Waals surface area (Å²) in [5, 5.41) is 11.8. The molecule has 2 heterocycles. The van der Waals surface area contributed by atoms with E-state index in [1.54, 1.807) is 0 Å². The summed E-state index contributed by atoms with van der Waals surface area (Å²) >= 11 is 0. The number of hydrogen-bond donors (Lipinski definition) is 1. The van der Waals surface area contributed by atoms with Crippen molar-refractivity contribution in [2.45, 2.75) is 119 Å². The summed E-state index contributed by atoms with van der Waals surface area (Å²) in [5.41, 5.74) is 7.49. The molecule has 0 aliphatic carbocycles. The first kappa shape index (κ1) is 36.4. The highest BCUT2D eigenvalue weighted by Crippen LogP contribution is 2.39. The smallest absolute Gasteiger partial charge is 0.219 e. The van der Waals surface area contributed by atoms with Crippen LogP contribution in [0.4, 0.5) is 5.69 Å². The maximum Gasteiger partial charge on any atom is 0.219 e. The number of benzene rings is 3. The van der Waals surface area contributed by atoms with E-state index in [4.69, 9.17) is 14.7 Å². The number of phenolic OH excluding ortho intramolecular Hbond substituents is 1. The lowest BCUT2D eigenvalue weighted by Crippen LogP contribution is -2.35. The third-order valence-corrected chi connectivity index (χ3v) is 10.0. The number of phenols is 1. The van der Waals surface area contributed by atoms with Gasteiger partial charge in [-0.1, -0.05) is 96.1 Å². The number of aliphatic imine (C=N–C) groups is 1. The van der Waals surface area contributed by atoms with Gasteiger partial charge in [-0.15, -0.1) is 0 Å². The standard InChI is InChI=1S/C44H59N3O2/c1-26(2)39(27(3)4)36-25-47(34-22-32(43(9,10)11)21-33(23-34)44(12,13)14)41(45-36)30-17-28(5)18-35(20-30)49-38-16-15-29-19-31(42(6,7)8)24-37(48)40(29)46-38/h15-24,26-27,36,39,48H,25H2,1-14H3/t36-/m1/s1. The minimum atomic E-state index is -0.0820. The summed E-state index contributed by atoms with van der Waals surface area (Å²) in [6, 6.07) is 21.4. The molecule has 1 N–H and O–H groups in total. The molecule has 4 aromatic rings. The van der Waals surface area contributed by atoms with E-state index in [0.29, 0.717) is 34.9 Å². The molecule has 0 saturated heterocycles. The van der Waals surface area contributed by atoms with Gasteiger partial charge in [-0.3, -0.25) is 4.99 Å². The van der Waals surface area contributed by atoms with Crippen LogP contribution < -0.4 is 9.64 Å². The van der Waals surface area contributed by atoms with E-state index in [1.807, 2.05) is 24.3 Å². The van der Waals surface area contributed by atoms with Crippen LogP contribution in [0.2, 0.25) is 0 Å². The summed E-state index contributed by atoms with van der Waals surface area (Å²) in [7, 11) is 0. The molecule has 0 bridgehead atoms. The van der Waals surface area contributed by atoms with Crippen LogP contribution in [0.15, 0.2) is 65.7 Å². The Morgan fingerprint density at radius 3 is 1.86 bits per heavy atom. The van der Waals surface area contributed by atoms with Gasteiger partial charge < -0.3 is 14.7 Å². The van der Waals surface area contributed by atoms with E-state index in [-0.39, 0.29) is 28.0 Å². The predicted molar refractivity (Wildman–Crippen MR) is 208 cm³/mol. The van der Waals surface area contributed by atoms with Gasteiger partial charge in [-0.2, -0.15) is 0 Å². The molecule has 5 nitrogen and oxygen atoms in total. The molecule has 262 valence electrons. The maximum absolute atomic E-state index is 10.9. The van der Waals surface area contributed by atoms with E-state index in [9.17, 15) is 5.11 Å². The number of amidine groups is 1. The van der Waals surface area contributed by atoms with Crippen LogP contribution in [0.5, 0.6) is 17.4 Å². The molecule has 49 heavy (non-hydrogen) atoms. The summed E-state index contributed by atoms with van der Waals surface area (Å²) < 4.78 is 6.44. The van der Waals surface area contributed by atoms with Gasteiger partial charge in [0.25, 0.3) is 0 Å². The highest BCUT2D eigenvalue weighted by molar-refractivity contribution is 6.11. The van der Waals surface area contributed by atoms with Gasteiger partial charge in [0.2, 0.25) is 5.88 Å². The molecule has 0 spiro atoms. The second-order valence-corrected chi connectivity index (χ2v) is 18.1. The van der Waals surface area contributed by atoms with E-state index in [2.05, 4.69) is 138 Å². The lowest BCUT2D eigenvalue weighted by Gasteiger charge is -2.31. The average molecular weight is 662 g/mol. The van der Waals surface area contributed by atoms with Crippen molar-refractivity contribution in [3.05, 3.63) is 88.5 Å². The highest BCUT2D eigenvalue weighted by Gasteiger charge is 2.36. The Morgan fingerprint density at radius 1 is 0.735 bits per heavy atom. The monoisotopic (exact) mass is 661 g/mol. The zero-order valence-corrected chi connectivity index (χ0v) is 32.5. The molecule has 0 radical (unpaired) electrons. The zero-order chi connectivity index (χ0) is 36.2. The van der Waals surface area contributed by atoms with E-state index >= 15 is 0 Å². The van der Waals surface area contributed by atoms with Crippen molar-refractivity contribution in [1.29, 1.82) is 0 Å². The molecule has 5 rings (SSSR count). The number of aromatic nitrogens is 1. The van der Waals surface area contributed by atoms with Crippen LogP contribution in [0.3, 0.4) is 0 Å². The van der Waals surface area contributed by atoms with Gasteiger partial charge in [-0.25, -0.2) is 4.98 Å². The second-order valence-electron chi connectivity index (χ2n) is 18.1. The third kappa shape index (κ3) is 7.97. The number of nitrogens with zero attached hydrogens (tertiary/aromatic N) is 3. The Labute approximate surface area is 295 Å². The van der Waals surface area contributed by atoms with Crippen molar-refractivity contribution in [3.63, 3.8) is 0 Å². The van der Waals surface area contributed by atoms with Crippen LogP contribution in [0.1, 0.15) is 118 Å². The number of aromatic hydroxyl groups is 1. The molecule has 5 heteroatoms. The fraction of sp³-hybridized carbons (Fsp3) is 0.500. The molecule has 1 aliphatic rings. The predicted octanol–water partition coefficient (Wildman–Crippen LogP) is 11.5. The number of ether oxygens (including phenoxy) is 1. The van der Waals surface area contributed by atoms with Crippen molar-refractivity contribution >= 4 is 22.4 Å². The normalized spacial score (nSPS) is 16.0. The van der Waals surface area contributed by atoms with E-state index in [0.717, 1.165) is 34.5 Å². The Bertz CT molecular complexity index is 1820. The van der Waals surface area contributed by atoms with Crippen molar-refractivity contribution < 1.29 is 9.84 Å². The van der Waals surface area contributed by atoms with Gasteiger partial charge in [0.1, 0.15) is 22.9 Å². The number of anilines is 1. The van der Waals surface area contributed by atoms with E-state index in [1.165, 1.54) is 16.8 Å². The Morgan fingerprint density at radius 2 is 1.31 bits per heavy atom. The van der Waals surface area contributed by atoms with Crippen LogP contribution in [0.25, 0.3) is 10.9 Å². The number of hydrogen-bond acceptors (Lipinski definition) is 5. The average Bonchev–Trinajstić information content (AvgIpc) is 3.40. The van der Waals surface area contributed by atoms with Crippen LogP contribution >= 0.6 is 0 Å². The zero-order valence-electron chi connectivity index (χ0n) is 32.5. The van der Waals surface area contributed by atoms with Gasteiger partial charge in [0.05, 0.1) is 6.04 Å².